The lowest BCUT2D eigenvalue weighted by molar-refractivity contribution is 1.22. The summed E-state index contributed by atoms with van der Waals surface area (Å²) in [5, 5.41) is 1.81. The molecule has 0 spiro atoms. The molecule has 0 amide bonds. The average molecular weight is 155 g/mol. The molecule has 0 aliphatic rings. The number of hydrogen-bond donors (Lipinski definition) is 1. The van der Waals surface area contributed by atoms with Crippen LogP contribution in [0.3, 0.4) is 0 Å². The van der Waals surface area contributed by atoms with E-state index in [4.69, 9.17) is 5.73 Å². The minimum Gasteiger partial charge on any atom is -0.404 e. The van der Waals surface area contributed by atoms with Gasteiger partial charge >= 0.3 is 0 Å². The smallest absolute Gasteiger partial charge is 0.00412 e. The van der Waals surface area contributed by atoms with E-state index < -0.39 is 0 Å². The van der Waals surface area contributed by atoms with Crippen LogP contribution in [-0.2, 0) is 0 Å². The van der Waals surface area contributed by atoms with Crippen molar-refractivity contribution in [1.82, 2.24) is 0 Å². The summed E-state index contributed by atoms with van der Waals surface area (Å²) >= 11 is 1.53. The third-order valence-corrected chi connectivity index (χ3v) is 1.57. The lowest BCUT2D eigenvalue weighted by atomic mass is 10.4. The SMILES string of the molecule is C=C(/C=C/CC)S/C=C\N. The summed E-state index contributed by atoms with van der Waals surface area (Å²) in [6.45, 7) is 5.89. The molecular formula is C8H13NS. The lowest BCUT2D eigenvalue weighted by Crippen LogP contribution is -1.72. The van der Waals surface area contributed by atoms with Crippen LogP contribution in [0.5, 0.6) is 0 Å². The number of thioether (sulfide) groups is 1. The molecule has 0 fully saturated rings. The Kier molecular flexibility index (Phi) is 6.08. The van der Waals surface area contributed by atoms with Crippen molar-refractivity contribution in [2.24, 2.45) is 5.73 Å². The fourth-order valence-corrected chi connectivity index (χ4v) is 0.843. The molecule has 0 radical (unpaired) electrons. The van der Waals surface area contributed by atoms with Gasteiger partial charge in [0.25, 0.3) is 0 Å². The molecule has 1 nitrogen and oxygen atoms in total. The molecule has 0 saturated heterocycles. The molecule has 0 aliphatic heterocycles. The van der Waals surface area contributed by atoms with Crippen molar-refractivity contribution in [1.29, 1.82) is 0 Å². The summed E-state index contributed by atoms with van der Waals surface area (Å²) in [5.74, 6) is 0. The van der Waals surface area contributed by atoms with E-state index in [1.165, 1.54) is 18.0 Å². The molecule has 0 rings (SSSR count). The molecule has 2 N–H and O–H groups in total. The second kappa shape index (κ2) is 6.49. The topological polar surface area (TPSA) is 26.0 Å². The Labute approximate surface area is 66.7 Å². The molecule has 0 heterocycles. The van der Waals surface area contributed by atoms with Crippen LogP contribution in [0.2, 0.25) is 0 Å². The van der Waals surface area contributed by atoms with Crippen molar-refractivity contribution in [2.45, 2.75) is 13.3 Å². The zero-order valence-electron chi connectivity index (χ0n) is 6.21. The highest BCUT2D eigenvalue weighted by molar-refractivity contribution is 8.06. The Balaban J connectivity index is 3.53. The van der Waals surface area contributed by atoms with Crippen molar-refractivity contribution in [3.63, 3.8) is 0 Å². The van der Waals surface area contributed by atoms with Crippen molar-refractivity contribution >= 4 is 11.8 Å². The number of hydrogen-bond acceptors (Lipinski definition) is 2. The van der Waals surface area contributed by atoms with E-state index in [0.717, 1.165) is 11.3 Å². The van der Waals surface area contributed by atoms with E-state index in [0.29, 0.717) is 0 Å². The normalized spacial score (nSPS) is 11.3. The molecule has 0 unspecified atom stereocenters. The predicted octanol–water partition coefficient (Wildman–Crippen LogP) is 2.63. The first-order valence-corrected chi connectivity index (χ1v) is 4.08. The van der Waals surface area contributed by atoms with Crippen LogP contribution in [0, 0.1) is 0 Å². The Hall–Kier alpha value is -0.630. The third kappa shape index (κ3) is 5.51. The van der Waals surface area contributed by atoms with Gasteiger partial charge in [0.1, 0.15) is 0 Å². The van der Waals surface area contributed by atoms with E-state index >= 15 is 0 Å². The first-order valence-electron chi connectivity index (χ1n) is 3.20. The van der Waals surface area contributed by atoms with E-state index in [9.17, 15) is 0 Å². The maximum Gasteiger partial charge on any atom is 0.00412 e. The summed E-state index contributed by atoms with van der Waals surface area (Å²) in [4.78, 5) is 1.02. The standard InChI is InChI=1S/C8H13NS/c1-3-4-5-8(2)10-7-6-9/h4-7H,2-3,9H2,1H3/b5-4+,7-6-. The van der Waals surface area contributed by atoms with Crippen LogP contribution in [0.1, 0.15) is 13.3 Å². The summed E-state index contributed by atoms with van der Waals surface area (Å²) in [6.07, 6.45) is 6.62. The van der Waals surface area contributed by atoms with Gasteiger partial charge in [-0.15, -0.1) is 0 Å². The minimum atomic E-state index is 1.02. The van der Waals surface area contributed by atoms with Gasteiger partial charge < -0.3 is 5.73 Å². The van der Waals surface area contributed by atoms with Gasteiger partial charge in [0, 0.05) is 11.1 Å². The molecule has 0 aliphatic carbocycles. The van der Waals surface area contributed by atoms with E-state index in [2.05, 4.69) is 19.6 Å². The minimum absolute atomic E-state index is 1.02. The van der Waals surface area contributed by atoms with Gasteiger partial charge in [-0.3, -0.25) is 0 Å². The molecule has 2 heteroatoms. The van der Waals surface area contributed by atoms with Crippen LogP contribution >= 0.6 is 11.8 Å². The summed E-state index contributed by atoms with van der Waals surface area (Å²) in [5.41, 5.74) is 5.14. The molecule has 0 aromatic rings. The number of rotatable bonds is 4. The molecule has 10 heavy (non-hydrogen) atoms. The monoisotopic (exact) mass is 155 g/mol. The Morgan fingerprint density at radius 2 is 2.40 bits per heavy atom. The van der Waals surface area contributed by atoms with Crippen LogP contribution in [-0.4, -0.2) is 0 Å². The Morgan fingerprint density at radius 1 is 1.70 bits per heavy atom. The van der Waals surface area contributed by atoms with Gasteiger partial charge in [0.2, 0.25) is 0 Å². The third-order valence-electron chi connectivity index (χ3n) is 0.837. The maximum absolute atomic E-state index is 5.14. The average Bonchev–Trinajstić information content (AvgIpc) is 1.97. The fraction of sp³-hybridized carbons (Fsp3) is 0.250. The summed E-state index contributed by atoms with van der Waals surface area (Å²) in [7, 11) is 0. The second-order valence-electron chi connectivity index (χ2n) is 1.72. The fourth-order valence-electron chi connectivity index (χ4n) is 0.415. The van der Waals surface area contributed by atoms with Crippen LogP contribution < -0.4 is 5.73 Å². The van der Waals surface area contributed by atoms with Crippen LogP contribution in [0.15, 0.2) is 35.2 Å². The summed E-state index contributed by atoms with van der Waals surface area (Å²) in [6, 6.07) is 0. The van der Waals surface area contributed by atoms with E-state index in [1.54, 1.807) is 0 Å². The molecule has 0 atom stereocenters. The highest BCUT2D eigenvalue weighted by Gasteiger charge is 1.81. The quantitative estimate of drug-likeness (QED) is 0.631. The van der Waals surface area contributed by atoms with Gasteiger partial charge in [-0.25, -0.2) is 0 Å². The molecule has 0 bridgehead atoms. The molecule has 0 aromatic carbocycles. The zero-order chi connectivity index (χ0) is 7.82. The van der Waals surface area contributed by atoms with Gasteiger partial charge in [-0.05, 0) is 11.8 Å². The highest BCUT2D eigenvalue weighted by atomic mass is 32.2. The number of nitrogens with two attached hydrogens (primary N) is 1. The second-order valence-corrected chi connectivity index (χ2v) is 2.76. The van der Waals surface area contributed by atoms with Gasteiger partial charge in [-0.1, -0.05) is 37.4 Å². The summed E-state index contributed by atoms with van der Waals surface area (Å²) < 4.78 is 0. The van der Waals surface area contributed by atoms with Gasteiger partial charge in [-0.2, -0.15) is 0 Å². The Morgan fingerprint density at radius 3 is 2.90 bits per heavy atom. The van der Waals surface area contributed by atoms with Crippen molar-refractivity contribution in [2.75, 3.05) is 0 Å². The Bertz CT molecular complexity index is 147. The maximum atomic E-state index is 5.14. The molecule has 0 aromatic heterocycles. The molecule has 56 valence electrons. The van der Waals surface area contributed by atoms with Crippen molar-refractivity contribution in [3.05, 3.63) is 35.2 Å². The highest BCUT2D eigenvalue weighted by Crippen LogP contribution is 2.14. The first kappa shape index (κ1) is 9.37. The van der Waals surface area contributed by atoms with Gasteiger partial charge in [0.15, 0.2) is 0 Å². The number of allylic oxidation sites excluding steroid dienone is 2. The first-order chi connectivity index (χ1) is 4.81. The van der Waals surface area contributed by atoms with Crippen LogP contribution in [0.25, 0.3) is 0 Å². The van der Waals surface area contributed by atoms with Gasteiger partial charge in [0.05, 0.1) is 0 Å². The van der Waals surface area contributed by atoms with Crippen molar-refractivity contribution in [3.8, 4) is 0 Å². The zero-order valence-corrected chi connectivity index (χ0v) is 7.03. The van der Waals surface area contributed by atoms with E-state index in [-0.39, 0.29) is 0 Å². The largest absolute Gasteiger partial charge is 0.404 e. The lowest BCUT2D eigenvalue weighted by Gasteiger charge is -1.89. The predicted molar refractivity (Wildman–Crippen MR) is 49.5 cm³/mol. The molecule has 0 saturated carbocycles. The van der Waals surface area contributed by atoms with E-state index in [1.807, 2.05) is 11.5 Å². The van der Waals surface area contributed by atoms with Crippen LogP contribution in [0.4, 0.5) is 0 Å². The molecular weight excluding hydrogens is 142 g/mol. The van der Waals surface area contributed by atoms with Crippen molar-refractivity contribution < 1.29 is 0 Å².